The average Bonchev–Trinajstić information content (AvgIpc) is 3.17. The Morgan fingerprint density at radius 2 is 1.82 bits per heavy atom. The molecule has 0 bridgehead atoms. The van der Waals surface area contributed by atoms with Gasteiger partial charge in [0.2, 0.25) is 11.8 Å². The average molecular weight is 475 g/mol. The fraction of sp³-hybridized carbons (Fsp3) is 0.440. The summed E-state index contributed by atoms with van der Waals surface area (Å²) >= 11 is 0. The second-order valence-electron chi connectivity index (χ2n) is 8.98. The van der Waals surface area contributed by atoms with E-state index < -0.39 is 11.7 Å². The molecule has 2 saturated heterocycles. The van der Waals surface area contributed by atoms with Gasteiger partial charge in [-0.1, -0.05) is 30.3 Å². The lowest BCUT2D eigenvalue weighted by molar-refractivity contribution is -0.137. The number of likely N-dealkylation sites (N-methyl/N-ethyl adjacent to an activating group) is 1. The number of likely N-dealkylation sites (tertiary alicyclic amines) is 1. The number of carbonyl (C=O) groups excluding carboxylic acids is 2. The molecule has 2 N–H and O–H groups in total. The number of anilines is 1. The van der Waals surface area contributed by atoms with Gasteiger partial charge in [-0.25, -0.2) is 0 Å². The third kappa shape index (κ3) is 5.59. The summed E-state index contributed by atoms with van der Waals surface area (Å²) in [5.74, 6) is -0.139. The molecule has 2 fully saturated rings. The van der Waals surface area contributed by atoms with Crippen molar-refractivity contribution in [2.24, 2.45) is 0 Å². The van der Waals surface area contributed by atoms with E-state index in [2.05, 4.69) is 15.5 Å². The Hall–Kier alpha value is -2.91. The van der Waals surface area contributed by atoms with E-state index in [0.717, 1.165) is 29.8 Å². The van der Waals surface area contributed by atoms with Gasteiger partial charge in [0.05, 0.1) is 5.56 Å². The van der Waals surface area contributed by atoms with Crippen molar-refractivity contribution in [2.75, 3.05) is 25.5 Å². The lowest BCUT2D eigenvalue weighted by atomic mass is 10.0. The van der Waals surface area contributed by atoms with Crippen molar-refractivity contribution in [2.45, 2.75) is 50.1 Å². The Labute approximate surface area is 197 Å². The Bertz CT molecular complexity index is 997. The first kappa shape index (κ1) is 24.2. The van der Waals surface area contributed by atoms with Crippen LogP contribution >= 0.6 is 0 Å². The zero-order valence-corrected chi connectivity index (χ0v) is 19.0. The van der Waals surface area contributed by atoms with Gasteiger partial charge in [-0.05, 0) is 49.7 Å². The summed E-state index contributed by atoms with van der Waals surface area (Å²) in [5.41, 5.74) is 0.814. The highest BCUT2D eigenvalue weighted by atomic mass is 19.4. The summed E-state index contributed by atoms with van der Waals surface area (Å²) in [6.07, 6.45) is -2.64. The molecule has 4 rings (SSSR count). The molecule has 2 aromatic rings. The summed E-state index contributed by atoms with van der Waals surface area (Å²) < 4.78 is 38.5. The fourth-order valence-corrected chi connectivity index (χ4v) is 4.90. The molecule has 2 aliphatic heterocycles. The Morgan fingerprint density at radius 1 is 1.12 bits per heavy atom. The molecular formula is C25H29F3N4O2. The number of alkyl halides is 3. The van der Waals surface area contributed by atoms with E-state index in [1.807, 2.05) is 42.3 Å². The maximum atomic E-state index is 12.9. The first-order valence-corrected chi connectivity index (χ1v) is 11.5. The zero-order chi connectivity index (χ0) is 24.3. The smallest absolute Gasteiger partial charge is 0.353 e. The van der Waals surface area contributed by atoms with Crippen LogP contribution < -0.4 is 10.6 Å². The first-order chi connectivity index (χ1) is 16.2. The molecule has 0 aliphatic carbocycles. The van der Waals surface area contributed by atoms with Crippen LogP contribution in [0.5, 0.6) is 0 Å². The van der Waals surface area contributed by atoms with Gasteiger partial charge in [0.25, 0.3) is 0 Å². The van der Waals surface area contributed by atoms with Gasteiger partial charge >= 0.3 is 6.18 Å². The van der Waals surface area contributed by atoms with E-state index in [1.165, 1.54) is 12.1 Å². The molecule has 2 amide bonds. The Balaban J connectivity index is 1.36. The molecule has 0 aromatic heterocycles. The topological polar surface area (TPSA) is 64.7 Å². The second kappa shape index (κ2) is 10.1. The van der Waals surface area contributed by atoms with Crippen molar-refractivity contribution in [3.63, 3.8) is 0 Å². The number of nitrogens with zero attached hydrogens (tertiary/aromatic N) is 2. The molecule has 2 aromatic carbocycles. The van der Waals surface area contributed by atoms with Crippen LogP contribution in [0.15, 0.2) is 54.6 Å². The number of amides is 2. The second-order valence-corrected chi connectivity index (χ2v) is 8.98. The zero-order valence-electron chi connectivity index (χ0n) is 19.0. The van der Waals surface area contributed by atoms with Crippen molar-refractivity contribution in [1.82, 2.24) is 15.1 Å². The van der Waals surface area contributed by atoms with Crippen molar-refractivity contribution in [3.8, 4) is 0 Å². The lowest BCUT2D eigenvalue weighted by Crippen LogP contribution is -2.49. The van der Waals surface area contributed by atoms with Gasteiger partial charge in [-0.2, -0.15) is 13.2 Å². The first-order valence-electron chi connectivity index (χ1n) is 11.5. The summed E-state index contributed by atoms with van der Waals surface area (Å²) in [6.45, 7) is 1.54. The summed E-state index contributed by atoms with van der Waals surface area (Å²) in [6, 6.07) is 14.0. The highest BCUT2D eigenvalue weighted by molar-refractivity contribution is 5.90. The van der Waals surface area contributed by atoms with Crippen LogP contribution in [0.2, 0.25) is 0 Å². The van der Waals surface area contributed by atoms with Crippen molar-refractivity contribution in [1.29, 1.82) is 0 Å². The minimum atomic E-state index is -4.37. The van der Waals surface area contributed by atoms with Gasteiger partial charge in [0.1, 0.15) is 6.04 Å². The van der Waals surface area contributed by atoms with Crippen LogP contribution in [-0.2, 0) is 22.3 Å². The van der Waals surface area contributed by atoms with Gasteiger partial charge < -0.3 is 10.6 Å². The molecule has 182 valence electrons. The SMILES string of the molecule is CN1C(CCC(=O)Nc2ccccc2)CNC(=O)C2C1CCN2Cc1ccc(C(F)(F)F)cc1. The van der Waals surface area contributed by atoms with Gasteiger partial charge in [-0.3, -0.25) is 19.4 Å². The number of hydrogen-bond acceptors (Lipinski definition) is 4. The predicted octanol–water partition coefficient (Wildman–Crippen LogP) is 3.50. The number of benzene rings is 2. The molecule has 0 saturated carbocycles. The van der Waals surface area contributed by atoms with Crippen LogP contribution in [0.3, 0.4) is 0 Å². The minimum Gasteiger partial charge on any atom is -0.353 e. The van der Waals surface area contributed by atoms with Crippen LogP contribution in [0.1, 0.15) is 30.4 Å². The highest BCUT2D eigenvalue weighted by Crippen LogP contribution is 2.31. The van der Waals surface area contributed by atoms with E-state index in [9.17, 15) is 22.8 Å². The van der Waals surface area contributed by atoms with Crippen LogP contribution in [0, 0.1) is 0 Å². The molecule has 6 nitrogen and oxygen atoms in total. The molecule has 3 atom stereocenters. The van der Waals surface area contributed by atoms with E-state index in [-0.39, 0.29) is 29.9 Å². The van der Waals surface area contributed by atoms with Crippen LogP contribution in [0.25, 0.3) is 0 Å². The number of halogens is 3. The number of rotatable bonds is 6. The number of carbonyl (C=O) groups is 2. The number of para-hydroxylation sites is 1. The lowest BCUT2D eigenvalue weighted by Gasteiger charge is -2.33. The standard InChI is InChI=1S/C25H29F3N4O2/c1-31-20(11-12-22(33)30-19-5-3-2-4-6-19)15-29-24(34)23-21(31)13-14-32(23)16-17-7-9-18(10-8-17)25(26,27)28/h2-10,20-21,23H,11-16H2,1H3,(H,29,34)(H,30,33). The van der Waals surface area contributed by atoms with Gasteiger partial charge in [0.15, 0.2) is 0 Å². The molecule has 3 unspecified atom stereocenters. The van der Waals surface area contributed by atoms with Crippen LogP contribution in [0.4, 0.5) is 18.9 Å². The van der Waals surface area contributed by atoms with Gasteiger partial charge in [0, 0.05) is 43.8 Å². The molecule has 0 radical (unpaired) electrons. The molecular weight excluding hydrogens is 445 g/mol. The summed E-state index contributed by atoms with van der Waals surface area (Å²) in [5, 5.41) is 5.90. The quantitative estimate of drug-likeness (QED) is 0.673. The van der Waals surface area contributed by atoms with E-state index in [0.29, 0.717) is 32.5 Å². The number of fused-ring (bicyclic) bond motifs is 1. The number of nitrogens with one attached hydrogen (secondary N) is 2. The van der Waals surface area contributed by atoms with E-state index in [1.54, 1.807) is 0 Å². The minimum absolute atomic E-state index is 0.0147. The molecule has 2 heterocycles. The fourth-order valence-electron chi connectivity index (χ4n) is 4.90. The van der Waals surface area contributed by atoms with Crippen molar-refractivity contribution >= 4 is 17.5 Å². The van der Waals surface area contributed by atoms with Gasteiger partial charge in [-0.15, -0.1) is 0 Å². The largest absolute Gasteiger partial charge is 0.416 e. The van der Waals surface area contributed by atoms with E-state index in [4.69, 9.17) is 0 Å². The Morgan fingerprint density at radius 3 is 2.50 bits per heavy atom. The summed E-state index contributed by atoms with van der Waals surface area (Å²) in [7, 11) is 1.99. The Kier molecular flexibility index (Phi) is 7.23. The maximum Gasteiger partial charge on any atom is 0.416 e. The third-order valence-electron chi connectivity index (χ3n) is 6.78. The molecule has 2 aliphatic rings. The van der Waals surface area contributed by atoms with Crippen molar-refractivity contribution < 1.29 is 22.8 Å². The highest BCUT2D eigenvalue weighted by Gasteiger charge is 2.45. The number of hydrogen-bond donors (Lipinski definition) is 2. The molecule has 0 spiro atoms. The molecule has 34 heavy (non-hydrogen) atoms. The molecule has 9 heteroatoms. The van der Waals surface area contributed by atoms with Crippen LogP contribution in [-0.4, -0.2) is 59.9 Å². The normalized spacial score (nSPS) is 23.8. The maximum absolute atomic E-state index is 12.9. The van der Waals surface area contributed by atoms with Crippen molar-refractivity contribution in [3.05, 3.63) is 65.7 Å². The van der Waals surface area contributed by atoms with E-state index >= 15 is 0 Å². The summed E-state index contributed by atoms with van der Waals surface area (Å²) in [4.78, 5) is 29.5. The monoisotopic (exact) mass is 474 g/mol. The predicted molar refractivity (Wildman–Crippen MR) is 123 cm³/mol. The third-order valence-corrected chi connectivity index (χ3v) is 6.78.